The number of hydrogen-bond donors (Lipinski definition) is 1. The molecule has 0 unspecified atom stereocenters. The number of aromatic amines is 1. The van der Waals surface area contributed by atoms with E-state index in [2.05, 4.69) is 4.98 Å². The van der Waals surface area contributed by atoms with Gasteiger partial charge in [-0.3, -0.25) is 4.79 Å². The average Bonchev–Trinajstić information content (AvgIpc) is 3.11. The number of H-pyrrole nitrogens is 1. The van der Waals surface area contributed by atoms with Crippen LogP contribution in [0.25, 0.3) is 27.6 Å². The standard InChI is InChI=1S/C21H19N3O4S/c1-3-16(20(26)27)29-21-23-17-12-8-4-5-9-13(12)22-18(17)19(25)24(21)14-10-6-7-11-15(14)28-2/h4-11,16,22H,3H2,1-2H3,(H,26,27)/p-1/t16-/m0/s1. The number of nitrogens with one attached hydrogen (secondary N) is 1. The molecule has 0 saturated carbocycles. The zero-order valence-electron chi connectivity index (χ0n) is 15.8. The molecule has 148 valence electrons. The Morgan fingerprint density at radius 1 is 1.24 bits per heavy atom. The van der Waals surface area contributed by atoms with Gasteiger partial charge in [0.1, 0.15) is 16.8 Å². The molecule has 8 heteroatoms. The third-order valence-electron chi connectivity index (χ3n) is 4.70. The fraction of sp³-hybridized carbons (Fsp3) is 0.190. The Hall–Kier alpha value is -3.26. The maximum atomic E-state index is 13.5. The molecule has 0 amide bonds. The van der Waals surface area contributed by atoms with E-state index in [0.717, 1.165) is 22.7 Å². The van der Waals surface area contributed by atoms with E-state index in [0.29, 0.717) is 28.9 Å². The number of carbonyl (C=O) groups is 1. The summed E-state index contributed by atoms with van der Waals surface area (Å²) in [6.07, 6.45) is 0.334. The molecule has 0 fully saturated rings. The van der Waals surface area contributed by atoms with Gasteiger partial charge in [-0.2, -0.15) is 0 Å². The van der Waals surface area contributed by atoms with Gasteiger partial charge in [0.05, 0.1) is 24.0 Å². The van der Waals surface area contributed by atoms with E-state index < -0.39 is 11.2 Å². The van der Waals surface area contributed by atoms with Gasteiger partial charge in [0, 0.05) is 10.9 Å². The smallest absolute Gasteiger partial charge is 0.283 e. The Bertz CT molecular complexity index is 1280. The summed E-state index contributed by atoms with van der Waals surface area (Å²) in [6.45, 7) is 1.75. The van der Waals surface area contributed by atoms with Crippen molar-refractivity contribution in [2.45, 2.75) is 23.8 Å². The summed E-state index contributed by atoms with van der Waals surface area (Å²) in [5.41, 5.74) is 1.80. The molecule has 1 atom stereocenters. The van der Waals surface area contributed by atoms with E-state index in [-0.39, 0.29) is 10.7 Å². The summed E-state index contributed by atoms with van der Waals surface area (Å²) in [5.74, 6) is -0.715. The van der Waals surface area contributed by atoms with Gasteiger partial charge in [-0.1, -0.05) is 49.0 Å². The summed E-state index contributed by atoms with van der Waals surface area (Å²) in [5, 5.41) is 11.8. The molecule has 0 aliphatic heterocycles. The summed E-state index contributed by atoms with van der Waals surface area (Å²) in [4.78, 5) is 32.9. The zero-order valence-corrected chi connectivity index (χ0v) is 16.7. The number of aliphatic carboxylic acids is 1. The number of methoxy groups -OCH3 is 1. The minimum atomic E-state index is -1.20. The van der Waals surface area contributed by atoms with Gasteiger partial charge >= 0.3 is 0 Å². The lowest BCUT2D eigenvalue weighted by Crippen LogP contribution is -2.34. The highest BCUT2D eigenvalue weighted by atomic mass is 32.2. The Kier molecular flexibility index (Phi) is 5.02. The van der Waals surface area contributed by atoms with Crippen LogP contribution >= 0.6 is 11.8 Å². The lowest BCUT2D eigenvalue weighted by atomic mass is 10.2. The second-order valence-electron chi connectivity index (χ2n) is 6.43. The predicted molar refractivity (Wildman–Crippen MR) is 111 cm³/mol. The molecule has 0 bridgehead atoms. The normalized spacial score (nSPS) is 12.3. The number of fused-ring (bicyclic) bond motifs is 3. The third kappa shape index (κ3) is 3.25. The van der Waals surface area contributed by atoms with Gasteiger partial charge in [-0.25, -0.2) is 9.55 Å². The van der Waals surface area contributed by atoms with Crippen molar-refractivity contribution in [3.8, 4) is 11.4 Å². The van der Waals surface area contributed by atoms with Crippen molar-refractivity contribution in [2.24, 2.45) is 0 Å². The number of rotatable bonds is 6. The largest absolute Gasteiger partial charge is 0.549 e. The molecular formula is C21H18N3O4S-. The molecule has 0 saturated heterocycles. The van der Waals surface area contributed by atoms with Gasteiger partial charge < -0.3 is 19.6 Å². The first kappa shape index (κ1) is 19.1. The summed E-state index contributed by atoms with van der Waals surface area (Å²) in [7, 11) is 1.52. The lowest BCUT2D eigenvalue weighted by molar-refractivity contribution is -0.304. The van der Waals surface area contributed by atoms with Gasteiger partial charge in [-0.05, 0) is 24.6 Å². The van der Waals surface area contributed by atoms with Crippen LogP contribution in [0.5, 0.6) is 5.75 Å². The molecule has 0 spiro atoms. The molecule has 4 rings (SSSR count). The molecule has 2 aromatic carbocycles. The molecular weight excluding hydrogens is 390 g/mol. The number of hydrogen-bond acceptors (Lipinski definition) is 6. The number of carboxylic acid groups (broad SMARTS) is 1. The molecule has 29 heavy (non-hydrogen) atoms. The number of carboxylic acids is 1. The van der Waals surface area contributed by atoms with Crippen LogP contribution < -0.4 is 15.4 Å². The van der Waals surface area contributed by atoms with E-state index in [1.807, 2.05) is 24.3 Å². The Morgan fingerprint density at radius 2 is 1.97 bits per heavy atom. The zero-order chi connectivity index (χ0) is 20.5. The number of aromatic nitrogens is 3. The second-order valence-corrected chi connectivity index (χ2v) is 7.60. The molecule has 0 aliphatic carbocycles. The maximum Gasteiger partial charge on any atom is 0.283 e. The fourth-order valence-corrected chi connectivity index (χ4v) is 4.22. The van der Waals surface area contributed by atoms with Gasteiger partial charge in [-0.15, -0.1) is 0 Å². The predicted octanol–water partition coefficient (Wildman–Crippen LogP) is 2.50. The van der Waals surface area contributed by atoms with Crippen LogP contribution in [0, 0.1) is 0 Å². The summed E-state index contributed by atoms with van der Waals surface area (Å²) >= 11 is 0.999. The van der Waals surface area contributed by atoms with E-state index in [9.17, 15) is 14.7 Å². The number of carbonyl (C=O) groups excluding carboxylic acids is 1. The Balaban J connectivity index is 2.07. The van der Waals surface area contributed by atoms with Crippen molar-refractivity contribution in [3.05, 3.63) is 58.9 Å². The molecule has 7 nitrogen and oxygen atoms in total. The van der Waals surface area contributed by atoms with Gasteiger partial charge in [0.2, 0.25) is 0 Å². The second kappa shape index (κ2) is 7.63. The third-order valence-corrected chi connectivity index (χ3v) is 6.00. The first-order valence-electron chi connectivity index (χ1n) is 9.09. The van der Waals surface area contributed by atoms with E-state index in [1.165, 1.54) is 11.7 Å². The fourth-order valence-electron chi connectivity index (χ4n) is 3.27. The van der Waals surface area contributed by atoms with Crippen molar-refractivity contribution >= 4 is 39.7 Å². The summed E-state index contributed by atoms with van der Waals surface area (Å²) in [6, 6.07) is 14.5. The van der Waals surface area contributed by atoms with Crippen molar-refractivity contribution in [1.82, 2.24) is 14.5 Å². The number of para-hydroxylation sites is 3. The first-order chi connectivity index (χ1) is 14.0. The van der Waals surface area contributed by atoms with Crippen LogP contribution in [0.15, 0.2) is 58.5 Å². The van der Waals surface area contributed by atoms with E-state index >= 15 is 0 Å². The number of benzene rings is 2. The van der Waals surface area contributed by atoms with Gasteiger partial charge in [0.25, 0.3) is 5.56 Å². The van der Waals surface area contributed by atoms with Crippen molar-refractivity contribution < 1.29 is 14.6 Å². The molecule has 4 aromatic rings. The Morgan fingerprint density at radius 3 is 2.69 bits per heavy atom. The number of nitrogens with zero attached hydrogens (tertiary/aromatic N) is 2. The van der Waals surface area contributed by atoms with Gasteiger partial charge in [0.15, 0.2) is 5.16 Å². The highest BCUT2D eigenvalue weighted by Crippen LogP contribution is 2.31. The molecule has 2 aromatic heterocycles. The van der Waals surface area contributed by atoms with Crippen LogP contribution in [0.4, 0.5) is 0 Å². The molecule has 0 aliphatic rings. The van der Waals surface area contributed by atoms with Crippen molar-refractivity contribution in [3.63, 3.8) is 0 Å². The minimum Gasteiger partial charge on any atom is -0.549 e. The first-order valence-corrected chi connectivity index (χ1v) is 9.97. The maximum absolute atomic E-state index is 13.5. The average molecular weight is 408 g/mol. The van der Waals surface area contributed by atoms with Crippen molar-refractivity contribution in [2.75, 3.05) is 7.11 Å². The molecule has 1 N–H and O–H groups in total. The number of thioether (sulfide) groups is 1. The topological polar surface area (TPSA) is 100 Å². The monoisotopic (exact) mass is 408 g/mol. The van der Waals surface area contributed by atoms with E-state index in [4.69, 9.17) is 9.72 Å². The highest BCUT2D eigenvalue weighted by Gasteiger charge is 2.21. The quantitative estimate of drug-likeness (QED) is 0.389. The van der Waals surface area contributed by atoms with Crippen LogP contribution in [0.1, 0.15) is 13.3 Å². The van der Waals surface area contributed by atoms with Crippen LogP contribution in [0.2, 0.25) is 0 Å². The number of ether oxygens (including phenoxy) is 1. The van der Waals surface area contributed by atoms with E-state index in [1.54, 1.807) is 31.2 Å². The summed E-state index contributed by atoms with van der Waals surface area (Å²) < 4.78 is 6.82. The SMILES string of the molecule is CC[C@H](Sc1nc2c([nH]c3ccccc32)c(=O)n1-c1ccccc1OC)C(=O)[O-]. The van der Waals surface area contributed by atoms with Crippen molar-refractivity contribution in [1.29, 1.82) is 0 Å². The molecule has 0 radical (unpaired) electrons. The van der Waals surface area contributed by atoms with Crippen LogP contribution in [0.3, 0.4) is 0 Å². The van der Waals surface area contributed by atoms with Crippen LogP contribution in [-0.2, 0) is 4.79 Å². The lowest BCUT2D eigenvalue weighted by Gasteiger charge is -2.19. The van der Waals surface area contributed by atoms with Crippen LogP contribution in [-0.4, -0.2) is 32.9 Å². The highest BCUT2D eigenvalue weighted by molar-refractivity contribution is 8.00. The minimum absolute atomic E-state index is 0.271. The molecule has 2 heterocycles. The Labute approximate surface area is 170 Å².